The molecule has 0 bridgehead atoms. The van der Waals surface area contributed by atoms with Crippen LogP contribution in [-0.2, 0) is 17.9 Å². The first-order valence-corrected chi connectivity index (χ1v) is 9.50. The highest BCUT2D eigenvalue weighted by molar-refractivity contribution is 7.07. The molecule has 2 aromatic heterocycles. The van der Waals surface area contributed by atoms with Gasteiger partial charge in [-0.05, 0) is 58.3 Å². The molecule has 4 rings (SSSR count). The smallest absolute Gasteiger partial charge is 0.247 e. The Bertz CT molecular complexity index is 939. The number of hydrogen-bond acceptors (Lipinski definition) is 5. The van der Waals surface area contributed by atoms with Crippen molar-refractivity contribution < 1.29 is 14.3 Å². The summed E-state index contributed by atoms with van der Waals surface area (Å²) in [7, 11) is 0. The summed E-state index contributed by atoms with van der Waals surface area (Å²) in [5.74, 6) is 1.37. The number of nitrogens with zero attached hydrogens (tertiary/aromatic N) is 2. The first kappa shape index (κ1) is 17.3. The number of thiophene rings is 1. The summed E-state index contributed by atoms with van der Waals surface area (Å²) in [5.41, 5.74) is 2.86. The van der Waals surface area contributed by atoms with Crippen molar-refractivity contribution in [2.75, 3.05) is 6.79 Å². The number of pyridine rings is 1. The van der Waals surface area contributed by atoms with Gasteiger partial charge in [0.25, 0.3) is 0 Å². The lowest BCUT2D eigenvalue weighted by molar-refractivity contribution is -0.127. The van der Waals surface area contributed by atoms with E-state index in [9.17, 15) is 4.79 Å². The van der Waals surface area contributed by atoms with Crippen LogP contribution in [0.15, 0.2) is 65.5 Å². The van der Waals surface area contributed by atoms with Crippen LogP contribution in [0.5, 0.6) is 11.5 Å². The quantitative estimate of drug-likeness (QED) is 0.606. The Balaban J connectivity index is 1.50. The van der Waals surface area contributed by atoms with Crippen molar-refractivity contribution in [2.24, 2.45) is 0 Å². The van der Waals surface area contributed by atoms with Crippen LogP contribution in [0.1, 0.15) is 16.8 Å². The number of rotatable bonds is 6. The summed E-state index contributed by atoms with van der Waals surface area (Å²) in [6, 6.07) is 13.4. The second kappa shape index (κ2) is 8.05. The number of carbonyl (C=O) groups is 1. The molecule has 1 aromatic carbocycles. The van der Waals surface area contributed by atoms with Crippen molar-refractivity contribution in [1.29, 1.82) is 0 Å². The molecule has 1 amide bonds. The Morgan fingerprint density at radius 3 is 2.89 bits per heavy atom. The lowest BCUT2D eigenvalue weighted by atomic mass is 10.2. The summed E-state index contributed by atoms with van der Waals surface area (Å²) < 4.78 is 10.7. The molecule has 136 valence electrons. The third-order valence-electron chi connectivity index (χ3n) is 4.16. The normalized spacial score (nSPS) is 12.4. The van der Waals surface area contributed by atoms with E-state index >= 15 is 0 Å². The fraction of sp³-hybridized carbons (Fsp3) is 0.143. The van der Waals surface area contributed by atoms with E-state index in [1.807, 2.05) is 47.8 Å². The van der Waals surface area contributed by atoms with Crippen LogP contribution in [-0.4, -0.2) is 22.6 Å². The molecule has 0 saturated carbocycles. The van der Waals surface area contributed by atoms with Gasteiger partial charge < -0.3 is 14.4 Å². The average molecular weight is 378 g/mol. The van der Waals surface area contributed by atoms with Gasteiger partial charge in [-0.2, -0.15) is 11.3 Å². The molecule has 6 heteroatoms. The Hall–Kier alpha value is -3.12. The number of benzene rings is 1. The number of aromatic nitrogens is 1. The van der Waals surface area contributed by atoms with Crippen molar-refractivity contribution in [2.45, 2.75) is 13.1 Å². The minimum absolute atomic E-state index is 0.0653. The van der Waals surface area contributed by atoms with E-state index in [1.165, 1.54) is 0 Å². The zero-order valence-corrected chi connectivity index (χ0v) is 15.4. The van der Waals surface area contributed by atoms with E-state index in [2.05, 4.69) is 10.4 Å². The van der Waals surface area contributed by atoms with Crippen LogP contribution in [0.4, 0.5) is 0 Å². The van der Waals surface area contributed by atoms with Crippen molar-refractivity contribution in [3.05, 3.63) is 82.3 Å². The van der Waals surface area contributed by atoms with Crippen LogP contribution in [0, 0.1) is 0 Å². The van der Waals surface area contributed by atoms with Crippen LogP contribution < -0.4 is 9.47 Å². The van der Waals surface area contributed by atoms with Crippen molar-refractivity contribution in [3.63, 3.8) is 0 Å². The lowest BCUT2D eigenvalue weighted by Crippen LogP contribution is -2.28. The number of ether oxygens (including phenoxy) is 2. The Labute approximate surface area is 161 Å². The van der Waals surface area contributed by atoms with Crippen LogP contribution in [0.3, 0.4) is 0 Å². The van der Waals surface area contributed by atoms with E-state index in [0.717, 1.165) is 22.6 Å². The van der Waals surface area contributed by atoms with Crippen molar-refractivity contribution in [3.8, 4) is 11.5 Å². The lowest BCUT2D eigenvalue weighted by Gasteiger charge is -2.20. The van der Waals surface area contributed by atoms with E-state index < -0.39 is 0 Å². The van der Waals surface area contributed by atoms with Crippen LogP contribution in [0.2, 0.25) is 0 Å². The molecule has 3 heterocycles. The van der Waals surface area contributed by atoms with Crippen LogP contribution >= 0.6 is 11.3 Å². The molecule has 0 atom stereocenters. The molecule has 0 N–H and O–H groups in total. The largest absolute Gasteiger partial charge is 0.454 e. The van der Waals surface area contributed by atoms with Gasteiger partial charge in [0.1, 0.15) is 0 Å². The van der Waals surface area contributed by atoms with E-state index in [4.69, 9.17) is 9.47 Å². The molecule has 0 radical (unpaired) electrons. The predicted molar refractivity (Wildman–Crippen MR) is 104 cm³/mol. The van der Waals surface area contributed by atoms with Gasteiger partial charge in [0.15, 0.2) is 11.5 Å². The molecule has 5 nitrogen and oxygen atoms in total. The zero-order chi connectivity index (χ0) is 18.5. The summed E-state index contributed by atoms with van der Waals surface area (Å²) in [4.78, 5) is 19.0. The van der Waals surface area contributed by atoms with Gasteiger partial charge in [-0.1, -0.05) is 12.1 Å². The van der Waals surface area contributed by atoms with Gasteiger partial charge in [0.05, 0.1) is 12.2 Å². The fourth-order valence-electron chi connectivity index (χ4n) is 2.79. The summed E-state index contributed by atoms with van der Waals surface area (Å²) in [6.07, 6.45) is 5.13. The van der Waals surface area contributed by atoms with E-state index in [-0.39, 0.29) is 12.7 Å². The number of amides is 1. The Morgan fingerprint density at radius 1 is 1.15 bits per heavy atom. The van der Waals surface area contributed by atoms with Gasteiger partial charge in [0.2, 0.25) is 12.7 Å². The van der Waals surface area contributed by atoms with Crippen molar-refractivity contribution >= 4 is 23.3 Å². The monoisotopic (exact) mass is 378 g/mol. The molecule has 0 spiro atoms. The molecule has 0 unspecified atom stereocenters. The second-order valence-corrected chi connectivity index (χ2v) is 6.87. The maximum Gasteiger partial charge on any atom is 0.247 e. The van der Waals surface area contributed by atoms with Gasteiger partial charge >= 0.3 is 0 Å². The average Bonchev–Trinajstić information content (AvgIpc) is 3.37. The van der Waals surface area contributed by atoms with Gasteiger partial charge in [-0.25, -0.2) is 0 Å². The van der Waals surface area contributed by atoms with Crippen molar-refractivity contribution in [1.82, 2.24) is 9.88 Å². The molecule has 3 aromatic rings. The molecule has 0 saturated heterocycles. The first-order valence-electron chi connectivity index (χ1n) is 8.55. The molecule has 27 heavy (non-hydrogen) atoms. The summed E-state index contributed by atoms with van der Waals surface area (Å²) >= 11 is 1.62. The molecular weight excluding hydrogens is 360 g/mol. The maximum absolute atomic E-state index is 12.8. The third-order valence-corrected chi connectivity index (χ3v) is 4.89. The Morgan fingerprint density at radius 2 is 2.07 bits per heavy atom. The van der Waals surface area contributed by atoms with Crippen LogP contribution in [0.25, 0.3) is 6.08 Å². The zero-order valence-electron chi connectivity index (χ0n) is 14.6. The summed E-state index contributed by atoms with van der Waals surface area (Å²) in [5, 5.41) is 4.07. The van der Waals surface area contributed by atoms with E-state index in [1.54, 1.807) is 34.6 Å². The highest BCUT2D eigenvalue weighted by Gasteiger charge is 2.15. The number of hydrogen-bond donors (Lipinski definition) is 0. The molecule has 1 aliphatic heterocycles. The number of fused-ring (bicyclic) bond motifs is 1. The second-order valence-electron chi connectivity index (χ2n) is 6.09. The van der Waals surface area contributed by atoms with Gasteiger partial charge in [-0.3, -0.25) is 9.78 Å². The van der Waals surface area contributed by atoms with Gasteiger partial charge in [-0.15, -0.1) is 0 Å². The first-order chi connectivity index (χ1) is 13.3. The standard InChI is InChI=1S/C21H18N2O3S/c24-21(7-5-16-4-6-19-20(11-16)26-15-25-19)23(12-17-8-10-27-14-17)13-18-3-1-2-9-22-18/h1-11,14H,12-13,15H2. The highest BCUT2D eigenvalue weighted by atomic mass is 32.1. The van der Waals surface area contributed by atoms with Gasteiger partial charge in [0, 0.05) is 18.8 Å². The Kier molecular flexibility index (Phi) is 5.16. The highest BCUT2D eigenvalue weighted by Crippen LogP contribution is 2.32. The minimum atomic E-state index is -0.0653. The number of carbonyl (C=O) groups excluding carboxylic acids is 1. The minimum Gasteiger partial charge on any atom is -0.454 e. The SMILES string of the molecule is O=C(C=Cc1ccc2c(c1)OCO2)N(Cc1ccsc1)Cc1ccccn1. The maximum atomic E-state index is 12.8. The molecule has 0 aliphatic carbocycles. The summed E-state index contributed by atoms with van der Waals surface area (Å²) in [6.45, 7) is 1.24. The molecule has 1 aliphatic rings. The molecular formula is C21H18N2O3S. The predicted octanol–water partition coefficient (Wildman–Crippen LogP) is 4.11. The molecule has 0 fully saturated rings. The third kappa shape index (κ3) is 4.35. The van der Waals surface area contributed by atoms with E-state index in [0.29, 0.717) is 18.8 Å². The fourth-order valence-corrected chi connectivity index (χ4v) is 3.45. The topological polar surface area (TPSA) is 51.7 Å².